The van der Waals surface area contributed by atoms with Crippen molar-refractivity contribution in [1.82, 2.24) is 0 Å². The lowest BCUT2D eigenvalue weighted by Gasteiger charge is -2.27. The highest BCUT2D eigenvalue weighted by Crippen LogP contribution is 2.28. The van der Waals surface area contributed by atoms with Crippen molar-refractivity contribution in [2.45, 2.75) is 51.2 Å². The van der Waals surface area contributed by atoms with Crippen LogP contribution in [0.15, 0.2) is 54.6 Å². The maximum absolute atomic E-state index is 10.1. The summed E-state index contributed by atoms with van der Waals surface area (Å²) in [5.41, 5.74) is 1.27. The zero-order chi connectivity index (χ0) is 17.5. The monoisotopic (exact) mass is 340 g/mol. The molecule has 0 heterocycles. The van der Waals surface area contributed by atoms with Crippen LogP contribution in [0.1, 0.15) is 38.2 Å². The van der Waals surface area contributed by atoms with Crippen LogP contribution in [0.3, 0.4) is 0 Å². The second-order valence-corrected chi connectivity index (χ2v) is 7.01. The average molecular weight is 340 g/mol. The molecule has 3 rings (SSSR count). The van der Waals surface area contributed by atoms with E-state index in [9.17, 15) is 5.11 Å². The molecule has 134 valence electrons. The fraction of sp³-hybridized carbons (Fsp3) is 0.455. The molecule has 1 saturated carbocycles. The van der Waals surface area contributed by atoms with Gasteiger partial charge in [-0.2, -0.15) is 0 Å². The van der Waals surface area contributed by atoms with Crippen molar-refractivity contribution < 1.29 is 14.6 Å². The number of rotatable bonds is 7. The summed E-state index contributed by atoms with van der Waals surface area (Å²) in [6.07, 6.45) is 5.28. The first-order chi connectivity index (χ1) is 12.2. The van der Waals surface area contributed by atoms with Crippen molar-refractivity contribution in [2.24, 2.45) is 5.92 Å². The Morgan fingerprint density at radius 1 is 0.960 bits per heavy atom. The Morgan fingerprint density at radius 2 is 1.68 bits per heavy atom. The molecule has 3 atom stereocenters. The second-order valence-electron chi connectivity index (χ2n) is 7.01. The summed E-state index contributed by atoms with van der Waals surface area (Å²) < 4.78 is 11.7. The number of aliphatic hydroxyl groups is 1. The molecule has 1 aliphatic carbocycles. The molecule has 0 amide bonds. The van der Waals surface area contributed by atoms with Crippen LogP contribution < -0.4 is 9.47 Å². The minimum absolute atomic E-state index is 0.0144. The molecular formula is C22H28O3. The summed E-state index contributed by atoms with van der Waals surface area (Å²) >= 11 is 0. The van der Waals surface area contributed by atoms with Crippen molar-refractivity contribution in [3.05, 3.63) is 60.2 Å². The topological polar surface area (TPSA) is 38.7 Å². The van der Waals surface area contributed by atoms with Gasteiger partial charge in [-0.05, 0) is 61.9 Å². The van der Waals surface area contributed by atoms with Crippen molar-refractivity contribution in [1.29, 1.82) is 0 Å². The molecule has 2 aromatic rings. The molecule has 0 radical (unpaired) electrons. The third-order valence-electron chi connectivity index (χ3n) is 4.86. The Morgan fingerprint density at radius 3 is 2.40 bits per heavy atom. The lowest BCUT2D eigenvalue weighted by molar-refractivity contribution is 0.0700. The summed E-state index contributed by atoms with van der Waals surface area (Å²) in [6, 6.07) is 18.0. The highest BCUT2D eigenvalue weighted by Gasteiger charge is 2.22. The highest BCUT2D eigenvalue weighted by molar-refractivity contribution is 5.28. The zero-order valence-electron chi connectivity index (χ0n) is 14.9. The lowest BCUT2D eigenvalue weighted by Crippen LogP contribution is -2.26. The van der Waals surface area contributed by atoms with Crippen LogP contribution >= 0.6 is 0 Å². The van der Waals surface area contributed by atoms with Gasteiger partial charge in [-0.1, -0.05) is 43.2 Å². The number of para-hydroxylation sites is 1. The largest absolute Gasteiger partial charge is 0.490 e. The molecule has 0 saturated heterocycles. The van der Waals surface area contributed by atoms with E-state index in [4.69, 9.17) is 9.47 Å². The number of hydrogen-bond acceptors (Lipinski definition) is 3. The number of ether oxygens (including phenoxy) is 2. The molecule has 3 heteroatoms. The van der Waals surface area contributed by atoms with Gasteiger partial charge in [0.2, 0.25) is 0 Å². The van der Waals surface area contributed by atoms with Crippen LogP contribution in [0.25, 0.3) is 0 Å². The Labute approximate surface area is 150 Å². The molecule has 2 aromatic carbocycles. The Hall–Kier alpha value is -2.00. The maximum atomic E-state index is 10.1. The van der Waals surface area contributed by atoms with E-state index in [0.29, 0.717) is 12.5 Å². The van der Waals surface area contributed by atoms with E-state index in [0.717, 1.165) is 37.2 Å². The summed E-state index contributed by atoms with van der Waals surface area (Å²) in [7, 11) is 0. The quantitative estimate of drug-likeness (QED) is 0.799. The predicted octanol–water partition coefficient (Wildman–Crippen LogP) is 4.63. The average Bonchev–Trinajstić information content (AvgIpc) is 2.64. The van der Waals surface area contributed by atoms with Gasteiger partial charge < -0.3 is 14.6 Å². The molecule has 1 fully saturated rings. The summed E-state index contributed by atoms with van der Waals surface area (Å²) in [5, 5.41) is 10.1. The van der Waals surface area contributed by atoms with Gasteiger partial charge in [-0.15, -0.1) is 0 Å². The molecule has 3 nitrogen and oxygen atoms in total. The van der Waals surface area contributed by atoms with Crippen LogP contribution in [0.5, 0.6) is 11.5 Å². The molecular weight excluding hydrogens is 312 g/mol. The van der Waals surface area contributed by atoms with E-state index in [1.54, 1.807) is 0 Å². The van der Waals surface area contributed by atoms with Gasteiger partial charge in [0.25, 0.3) is 0 Å². The maximum Gasteiger partial charge on any atom is 0.130 e. The smallest absolute Gasteiger partial charge is 0.130 e. The normalized spacial score (nSPS) is 21.5. The predicted molar refractivity (Wildman–Crippen MR) is 100 cm³/mol. The Balaban J connectivity index is 1.45. The van der Waals surface area contributed by atoms with Gasteiger partial charge in [-0.3, -0.25) is 0 Å². The van der Waals surface area contributed by atoms with Crippen LogP contribution in [-0.4, -0.2) is 23.9 Å². The van der Waals surface area contributed by atoms with Crippen LogP contribution in [-0.2, 0) is 6.42 Å². The van der Waals surface area contributed by atoms with Gasteiger partial charge in [0.15, 0.2) is 0 Å². The van der Waals surface area contributed by atoms with E-state index in [1.165, 1.54) is 12.0 Å². The van der Waals surface area contributed by atoms with Crippen molar-refractivity contribution >= 4 is 0 Å². The van der Waals surface area contributed by atoms with Gasteiger partial charge in [0.1, 0.15) is 24.2 Å². The minimum Gasteiger partial charge on any atom is -0.490 e. The number of benzene rings is 2. The van der Waals surface area contributed by atoms with Crippen molar-refractivity contribution in [3.63, 3.8) is 0 Å². The first-order valence-electron chi connectivity index (χ1n) is 9.32. The van der Waals surface area contributed by atoms with Crippen LogP contribution in [0.2, 0.25) is 0 Å². The summed E-state index contributed by atoms with van der Waals surface area (Å²) in [5.74, 6) is 2.12. The molecule has 1 unspecified atom stereocenters. The summed E-state index contributed by atoms with van der Waals surface area (Å²) in [6.45, 7) is 2.52. The SMILES string of the molecule is CC(COc1ccc(C[C@H]2CCCC[C@@H]2O)cc1)Oc1ccccc1. The summed E-state index contributed by atoms with van der Waals surface area (Å²) in [4.78, 5) is 0. The van der Waals surface area contributed by atoms with Crippen LogP contribution in [0, 0.1) is 5.92 Å². The fourth-order valence-corrected chi connectivity index (χ4v) is 3.43. The fourth-order valence-electron chi connectivity index (χ4n) is 3.43. The standard InChI is InChI=1S/C22H28O3/c1-17(25-21-8-3-2-4-9-21)16-24-20-13-11-18(12-14-20)15-19-7-5-6-10-22(19)23/h2-4,8-9,11-14,17,19,22-23H,5-7,10,15-16H2,1H3/t17?,19-,22+/m1/s1. The zero-order valence-corrected chi connectivity index (χ0v) is 14.9. The molecule has 0 aliphatic heterocycles. The molecule has 25 heavy (non-hydrogen) atoms. The van der Waals surface area contributed by atoms with Crippen molar-refractivity contribution in [3.8, 4) is 11.5 Å². The second kappa shape index (κ2) is 8.91. The van der Waals surface area contributed by atoms with E-state index in [1.807, 2.05) is 49.4 Å². The molecule has 0 aromatic heterocycles. The molecule has 0 spiro atoms. The third-order valence-corrected chi connectivity index (χ3v) is 4.86. The number of hydrogen-bond donors (Lipinski definition) is 1. The minimum atomic E-state index is -0.138. The lowest BCUT2D eigenvalue weighted by atomic mass is 9.82. The van der Waals surface area contributed by atoms with Gasteiger partial charge in [0.05, 0.1) is 6.10 Å². The van der Waals surface area contributed by atoms with E-state index in [2.05, 4.69) is 12.1 Å². The van der Waals surface area contributed by atoms with E-state index in [-0.39, 0.29) is 12.2 Å². The molecule has 1 aliphatic rings. The molecule has 1 N–H and O–H groups in total. The van der Waals surface area contributed by atoms with E-state index < -0.39 is 0 Å². The first kappa shape index (κ1) is 17.8. The van der Waals surface area contributed by atoms with Crippen molar-refractivity contribution in [2.75, 3.05) is 6.61 Å². The van der Waals surface area contributed by atoms with Gasteiger partial charge in [-0.25, -0.2) is 0 Å². The van der Waals surface area contributed by atoms with E-state index >= 15 is 0 Å². The third kappa shape index (κ3) is 5.50. The Bertz CT molecular complexity index is 623. The Kier molecular flexibility index (Phi) is 6.35. The van der Waals surface area contributed by atoms with Gasteiger partial charge >= 0.3 is 0 Å². The number of aliphatic hydroxyl groups excluding tert-OH is 1. The highest BCUT2D eigenvalue weighted by atomic mass is 16.5. The van der Waals surface area contributed by atoms with Gasteiger partial charge in [0, 0.05) is 0 Å². The first-order valence-corrected chi connectivity index (χ1v) is 9.32. The molecule has 0 bridgehead atoms. The van der Waals surface area contributed by atoms with Crippen LogP contribution in [0.4, 0.5) is 0 Å².